The molecule has 2 aliphatic rings. The second kappa shape index (κ2) is 9.94. The average Bonchev–Trinajstić information content (AvgIpc) is 3.14. The molecule has 2 aliphatic heterocycles. The predicted octanol–water partition coefficient (Wildman–Crippen LogP) is 4.07. The van der Waals surface area contributed by atoms with E-state index < -0.39 is 0 Å². The van der Waals surface area contributed by atoms with Gasteiger partial charge < -0.3 is 15.1 Å². The molecule has 0 bridgehead atoms. The minimum absolute atomic E-state index is 0.128. The lowest BCUT2D eigenvalue weighted by Crippen LogP contribution is -2.39. The lowest BCUT2D eigenvalue weighted by Gasteiger charge is -2.32. The number of likely N-dealkylation sites (tertiary alicyclic amines) is 1. The molecule has 168 valence electrons. The van der Waals surface area contributed by atoms with Gasteiger partial charge in [0.25, 0.3) is 5.91 Å². The number of nitrogens with zero attached hydrogens (tertiary/aromatic N) is 5. The number of thiazole rings is 1. The summed E-state index contributed by atoms with van der Waals surface area (Å²) in [5.41, 5.74) is 1.97. The smallest absolute Gasteiger partial charge is 0.265 e. The highest BCUT2D eigenvalue weighted by Gasteiger charge is 2.27. The molecular weight excluding hydrogens is 408 g/mol. The molecule has 7 nitrogen and oxygen atoms in total. The monoisotopic (exact) mass is 442 g/mol. The van der Waals surface area contributed by atoms with Gasteiger partial charge in [0.05, 0.1) is 5.69 Å². The Balaban J connectivity index is 1.35. The molecule has 2 aromatic heterocycles. The van der Waals surface area contributed by atoms with Crippen molar-refractivity contribution in [2.45, 2.75) is 59.3 Å². The molecule has 0 aliphatic carbocycles. The number of aromatic nitrogens is 3. The number of hydrogen-bond donors (Lipinski definition) is 1. The molecule has 0 atom stereocenters. The van der Waals surface area contributed by atoms with E-state index in [1.165, 1.54) is 30.6 Å². The Bertz CT molecular complexity index is 899. The van der Waals surface area contributed by atoms with E-state index in [2.05, 4.69) is 21.3 Å². The summed E-state index contributed by atoms with van der Waals surface area (Å²) < 4.78 is 0. The molecule has 0 saturated carbocycles. The van der Waals surface area contributed by atoms with E-state index in [0.717, 1.165) is 85.0 Å². The van der Waals surface area contributed by atoms with Gasteiger partial charge >= 0.3 is 0 Å². The maximum Gasteiger partial charge on any atom is 0.265 e. The zero-order valence-corrected chi connectivity index (χ0v) is 19.8. The van der Waals surface area contributed by atoms with E-state index >= 15 is 0 Å². The first-order valence-corrected chi connectivity index (χ1v) is 12.4. The van der Waals surface area contributed by atoms with Crippen molar-refractivity contribution in [3.05, 3.63) is 28.2 Å². The van der Waals surface area contributed by atoms with Crippen LogP contribution in [0.25, 0.3) is 0 Å². The summed E-state index contributed by atoms with van der Waals surface area (Å²) in [6.07, 6.45) is 6.83. The molecule has 1 N–H and O–H groups in total. The second-order valence-corrected chi connectivity index (χ2v) is 9.72. The van der Waals surface area contributed by atoms with Crippen molar-refractivity contribution in [1.82, 2.24) is 19.9 Å². The van der Waals surface area contributed by atoms with Crippen molar-refractivity contribution in [2.75, 3.05) is 42.9 Å². The fourth-order valence-corrected chi connectivity index (χ4v) is 5.61. The second-order valence-electron chi connectivity index (χ2n) is 8.72. The highest BCUT2D eigenvalue weighted by molar-refractivity contribution is 7.17. The van der Waals surface area contributed by atoms with Gasteiger partial charge in [0, 0.05) is 44.5 Å². The molecule has 1 amide bonds. The summed E-state index contributed by atoms with van der Waals surface area (Å²) in [5, 5.41) is 4.05. The molecule has 0 aromatic carbocycles. The molecular formula is C23H34N6OS. The van der Waals surface area contributed by atoms with Crippen LogP contribution in [-0.4, -0.2) is 58.5 Å². The van der Waals surface area contributed by atoms with Crippen LogP contribution in [0.5, 0.6) is 0 Å². The number of hydrogen-bond acceptors (Lipinski definition) is 7. The Morgan fingerprint density at radius 1 is 1.10 bits per heavy atom. The third kappa shape index (κ3) is 5.34. The molecule has 2 fully saturated rings. The van der Waals surface area contributed by atoms with Gasteiger partial charge in [0.2, 0.25) is 0 Å². The topological polar surface area (TPSA) is 74.2 Å². The van der Waals surface area contributed by atoms with Gasteiger partial charge in [-0.25, -0.2) is 15.0 Å². The average molecular weight is 443 g/mol. The molecule has 8 heteroatoms. The quantitative estimate of drug-likeness (QED) is 0.727. The summed E-state index contributed by atoms with van der Waals surface area (Å²) in [6, 6.07) is 2.19. The van der Waals surface area contributed by atoms with E-state index in [-0.39, 0.29) is 5.91 Å². The van der Waals surface area contributed by atoms with E-state index in [1.54, 1.807) is 0 Å². The Morgan fingerprint density at radius 2 is 1.84 bits per heavy atom. The number of amides is 1. The molecule has 31 heavy (non-hydrogen) atoms. The van der Waals surface area contributed by atoms with E-state index in [0.29, 0.717) is 5.92 Å². The molecule has 0 radical (unpaired) electrons. The van der Waals surface area contributed by atoms with Gasteiger partial charge in [-0.05, 0) is 65.2 Å². The van der Waals surface area contributed by atoms with E-state index in [1.807, 2.05) is 25.7 Å². The zero-order valence-electron chi connectivity index (χ0n) is 19.0. The lowest BCUT2D eigenvalue weighted by molar-refractivity contribution is 0.0694. The highest BCUT2D eigenvalue weighted by Crippen LogP contribution is 2.28. The largest absolute Gasteiger partial charge is 0.362 e. The molecule has 2 aromatic rings. The predicted molar refractivity (Wildman–Crippen MR) is 126 cm³/mol. The van der Waals surface area contributed by atoms with Gasteiger partial charge in [-0.3, -0.25) is 4.79 Å². The summed E-state index contributed by atoms with van der Waals surface area (Å²) in [7, 11) is 0. The Hall–Kier alpha value is -2.22. The number of carbonyl (C=O) groups is 1. The molecule has 4 rings (SSSR count). The zero-order chi connectivity index (χ0) is 21.8. The normalized spacial score (nSPS) is 17.8. The third-order valence-electron chi connectivity index (χ3n) is 6.28. The van der Waals surface area contributed by atoms with Crippen molar-refractivity contribution < 1.29 is 4.79 Å². The standard InChI is InChI=1S/C23H34N6OS/c1-4-24-23-25-16(2)21(31-23)22(30)29-12-8-18(9-13-29)14-19-15-20(27-17(3)26-19)28-10-6-5-7-11-28/h15,18H,4-14H2,1-3H3,(H,24,25). The van der Waals surface area contributed by atoms with Crippen LogP contribution in [0.3, 0.4) is 0 Å². The van der Waals surface area contributed by atoms with Gasteiger partial charge in [-0.15, -0.1) is 0 Å². The fraction of sp³-hybridized carbons (Fsp3) is 0.652. The van der Waals surface area contributed by atoms with Crippen LogP contribution in [0.2, 0.25) is 0 Å². The first-order valence-electron chi connectivity index (χ1n) is 11.6. The minimum atomic E-state index is 0.128. The van der Waals surface area contributed by atoms with Gasteiger partial charge in [0.15, 0.2) is 5.13 Å². The van der Waals surface area contributed by atoms with Crippen molar-refractivity contribution in [2.24, 2.45) is 5.92 Å². The number of aryl methyl sites for hydroxylation is 2. The highest BCUT2D eigenvalue weighted by atomic mass is 32.1. The van der Waals surface area contributed by atoms with Crippen molar-refractivity contribution in [1.29, 1.82) is 0 Å². The molecule has 0 spiro atoms. The van der Waals surface area contributed by atoms with E-state index in [9.17, 15) is 4.79 Å². The van der Waals surface area contributed by atoms with Crippen LogP contribution in [0.1, 0.15) is 65.9 Å². The van der Waals surface area contributed by atoms with Crippen LogP contribution in [0, 0.1) is 19.8 Å². The van der Waals surface area contributed by atoms with Crippen molar-refractivity contribution in [3.8, 4) is 0 Å². The van der Waals surface area contributed by atoms with E-state index in [4.69, 9.17) is 9.97 Å². The number of anilines is 2. The summed E-state index contributed by atoms with van der Waals surface area (Å²) in [4.78, 5) is 32.1. The maximum atomic E-state index is 13.0. The maximum absolute atomic E-state index is 13.0. The molecule has 2 saturated heterocycles. The number of nitrogens with one attached hydrogen (secondary N) is 1. The number of piperidine rings is 2. The first kappa shape index (κ1) is 22.0. The number of carbonyl (C=O) groups excluding carboxylic acids is 1. The molecule has 4 heterocycles. The lowest BCUT2D eigenvalue weighted by atomic mass is 9.92. The minimum Gasteiger partial charge on any atom is -0.362 e. The third-order valence-corrected chi connectivity index (χ3v) is 7.38. The Kier molecular flexibility index (Phi) is 7.05. The van der Waals surface area contributed by atoms with Crippen LogP contribution in [0.15, 0.2) is 6.07 Å². The first-order chi connectivity index (χ1) is 15.0. The molecule has 0 unspecified atom stereocenters. The Labute approximate surface area is 189 Å². The fourth-order valence-electron chi connectivity index (χ4n) is 4.60. The van der Waals surface area contributed by atoms with Crippen molar-refractivity contribution in [3.63, 3.8) is 0 Å². The van der Waals surface area contributed by atoms with Crippen LogP contribution in [-0.2, 0) is 6.42 Å². The summed E-state index contributed by atoms with van der Waals surface area (Å²) >= 11 is 1.47. The van der Waals surface area contributed by atoms with Gasteiger partial charge in [0.1, 0.15) is 16.5 Å². The number of rotatable bonds is 6. The van der Waals surface area contributed by atoms with Gasteiger partial charge in [-0.1, -0.05) is 11.3 Å². The SMILES string of the molecule is CCNc1nc(C)c(C(=O)N2CCC(Cc3cc(N4CCCCC4)nc(C)n3)CC2)s1. The van der Waals surface area contributed by atoms with Crippen LogP contribution < -0.4 is 10.2 Å². The Morgan fingerprint density at radius 3 is 2.55 bits per heavy atom. The van der Waals surface area contributed by atoms with Crippen LogP contribution >= 0.6 is 11.3 Å². The summed E-state index contributed by atoms with van der Waals surface area (Å²) in [6.45, 7) is 10.6. The van der Waals surface area contributed by atoms with Crippen molar-refractivity contribution >= 4 is 28.2 Å². The van der Waals surface area contributed by atoms with Crippen LogP contribution in [0.4, 0.5) is 10.9 Å². The van der Waals surface area contributed by atoms with Gasteiger partial charge in [-0.2, -0.15) is 0 Å². The summed E-state index contributed by atoms with van der Waals surface area (Å²) in [5.74, 6) is 2.64.